The molecule has 0 aliphatic heterocycles. The summed E-state index contributed by atoms with van der Waals surface area (Å²) < 4.78 is 0.211. The van der Waals surface area contributed by atoms with Crippen molar-refractivity contribution in [1.29, 1.82) is 0 Å². The second-order valence-electron chi connectivity index (χ2n) is 5.55. The van der Waals surface area contributed by atoms with Crippen LogP contribution >= 0.6 is 24.4 Å². The first-order valence-electron chi connectivity index (χ1n) is 6.92. The molecule has 0 saturated heterocycles. The maximum absolute atomic E-state index is 10.8. The molecule has 2 fully saturated rings. The minimum atomic E-state index is -0.00637. The van der Waals surface area contributed by atoms with E-state index in [1.165, 1.54) is 31.0 Å². The molecule has 0 heterocycles. The highest BCUT2D eigenvalue weighted by molar-refractivity contribution is 8.14. The number of aliphatic hydroxyl groups is 1. The number of carbonyl (C=O) groups excluding carboxylic acids is 2. The standard InChI is InChI=1S/C8H12O2S.C6H12OS/c1-7(10)11-8(5-6-9)3-2-4-8;7-5-4-6(8)2-1-3-6/h6H,2-5H2,1H3;7-8H,1-5H2. The lowest BCUT2D eigenvalue weighted by atomic mass is 9.82. The maximum atomic E-state index is 10.8. The fourth-order valence-electron chi connectivity index (χ4n) is 2.42. The van der Waals surface area contributed by atoms with E-state index in [2.05, 4.69) is 12.6 Å². The molecule has 2 saturated carbocycles. The fourth-order valence-corrected chi connectivity index (χ4v) is 4.09. The Morgan fingerprint density at radius 2 is 1.89 bits per heavy atom. The summed E-state index contributed by atoms with van der Waals surface area (Å²) in [6.45, 7) is 1.86. The van der Waals surface area contributed by atoms with Crippen molar-refractivity contribution in [2.45, 2.75) is 67.8 Å². The monoisotopic (exact) mass is 304 g/mol. The Balaban J connectivity index is 0.000000200. The highest BCUT2D eigenvalue weighted by Crippen LogP contribution is 2.46. The molecule has 0 aromatic heterocycles. The smallest absolute Gasteiger partial charge is 0.186 e. The van der Waals surface area contributed by atoms with E-state index in [0.717, 1.165) is 32.0 Å². The van der Waals surface area contributed by atoms with Gasteiger partial charge in [0.05, 0.1) is 0 Å². The molecule has 1 N–H and O–H groups in total. The lowest BCUT2D eigenvalue weighted by Crippen LogP contribution is -2.34. The van der Waals surface area contributed by atoms with Crippen LogP contribution in [0.3, 0.4) is 0 Å². The summed E-state index contributed by atoms with van der Waals surface area (Å²) in [6.07, 6.45) is 9.22. The van der Waals surface area contributed by atoms with Crippen LogP contribution in [-0.4, -0.2) is 32.6 Å². The number of thiol groups is 1. The number of aldehydes is 1. The van der Waals surface area contributed by atoms with Crippen molar-refractivity contribution in [3.8, 4) is 0 Å². The Morgan fingerprint density at radius 1 is 1.32 bits per heavy atom. The van der Waals surface area contributed by atoms with Gasteiger partial charge >= 0.3 is 0 Å². The molecule has 0 aromatic carbocycles. The molecular formula is C14H24O3S2. The van der Waals surface area contributed by atoms with E-state index in [4.69, 9.17) is 5.11 Å². The summed E-state index contributed by atoms with van der Waals surface area (Å²) in [5.74, 6) is 0. The molecule has 0 radical (unpaired) electrons. The average Bonchev–Trinajstić information content (AvgIpc) is 2.25. The lowest BCUT2D eigenvalue weighted by Gasteiger charge is -2.38. The second kappa shape index (κ2) is 7.70. The summed E-state index contributed by atoms with van der Waals surface area (Å²) in [5.41, 5.74) is 0. The Hall–Kier alpha value is -0.0000000000000000555. The molecule has 0 spiro atoms. The van der Waals surface area contributed by atoms with Crippen LogP contribution in [0.4, 0.5) is 0 Å². The van der Waals surface area contributed by atoms with E-state index in [9.17, 15) is 9.59 Å². The molecule has 0 amide bonds. The van der Waals surface area contributed by atoms with Crippen molar-refractivity contribution in [2.75, 3.05) is 6.61 Å². The molecule has 19 heavy (non-hydrogen) atoms. The number of hydrogen-bond acceptors (Lipinski definition) is 5. The van der Waals surface area contributed by atoms with Crippen molar-refractivity contribution in [1.82, 2.24) is 0 Å². The Morgan fingerprint density at radius 3 is 2.11 bits per heavy atom. The molecule has 5 heteroatoms. The van der Waals surface area contributed by atoms with Gasteiger partial charge in [-0.25, -0.2) is 0 Å². The van der Waals surface area contributed by atoms with E-state index in [-0.39, 0.29) is 14.6 Å². The number of thioether (sulfide) groups is 1. The fraction of sp³-hybridized carbons (Fsp3) is 0.857. The van der Waals surface area contributed by atoms with Crippen LogP contribution in [0.15, 0.2) is 0 Å². The number of rotatable bonds is 5. The average molecular weight is 304 g/mol. The van der Waals surface area contributed by atoms with Gasteiger partial charge in [-0.3, -0.25) is 4.79 Å². The van der Waals surface area contributed by atoms with Crippen molar-refractivity contribution in [3.05, 3.63) is 0 Å². The van der Waals surface area contributed by atoms with Gasteiger partial charge in [0.25, 0.3) is 0 Å². The first-order valence-corrected chi connectivity index (χ1v) is 8.18. The Bertz CT molecular complexity index is 310. The zero-order valence-corrected chi connectivity index (χ0v) is 13.3. The van der Waals surface area contributed by atoms with Crippen LogP contribution in [0.1, 0.15) is 58.3 Å². The first kappa shape index (κ1) is 17.1. The minimum absolute atomic E-state index is 0.00637. The van der Waals surface area contributed by atoms with Crippen molar-refractivity contribution in [3.63, 3.8) is 0 Å². The number of aliphatic hydroxyl groups excluding tert-OH is 1. The SMILES string of the molecule is CC(=O)SC1(CC=O)CCC1.OCCC1(S)CCC1. The third-order valence-corrected chi connectivity index (χ3v) is 5.91. The van der Waals surface area contributed by atoms with E-state index in [1.807, 2.05) is 0 Å². The molecule has 3 nitrogen and oxygen atoms in total. The van der Waals surface area contributed by atoms with Crippen LogP contribution in [0.5, 0.6) is 0 Å². The molecule has 0 aromatic rings. The minimum Gasteiger partial charge on any atom is -0.396 e. The van der Waals surface area contributed by atoms with Crippen molar-refractivity contribution < 1.29 is 14.7 Å². The Labute approximate surface area is 125 Å². The van der Waals surface area contributed by atoms with Crippen LogP contribution in [0.2, 0.25) is 0 Å². The van der Waals surface area contributed by atoms with Gasteiger partial charge in [0.2, 0.25) is 0 Å². The summed E-state index contributed by atoms with van der Waals surface area (Å²) in [4.78, 5) is 21.0. The van der Waals surface area contributed by atoms with Crippen LogP contribution < -0.4 is 0 Å². The van der Waals surface area contributed by atoms with Gasteiger partial charge in [0.1, 0.15) is 6.29 Å². The zero-order chi connectivity index (χ0) is 14.4. The maximum Gasteiger partial charge on any atom is 0.186 e. The van der Waals surface area contributed by atoms with E-state index >= 15 is 0 Å². The van der Waals surface area contributed by atoms with E-state index < -0.39 is 0 Å². The van der Waals surface area contributed by atoms with Crippen molar-refractivity contribution in [2.24, 2.45) is 0 Å². The number of carbonyl (C=O) groups is 2. The summed E-state index contributed by atoms with van der Waals surface area (Å²) in [5, 5.41) is 8.65. The van der Waals surface area contributed by atoms with Crippen LogP contribution in [0, 0.1) is 0 Å². The summed E-state index contributed by atoms with van der Waals surface area (Å²) >= 11 is 5.74. The van der Waals surface area contributed by atoms with Gasteiger partial charge in [-0.05, 0) is 32.1 Å². The van der Waals surface area contributed by atoms with Crippen LogP contribution in [-0.2, 0) is 9.59 Å². The molecule has 110 valence electrons. The molecule has 0 atom stereocenters. The predicted octanol–water partition coefficient (Wildman–Crippen LogP) is 3.00. The zero-order valence-electron chi connectivity index (χ0n) is 11.6. The van der Waals surface area contributed by atoms with Gasteiger partial charge in [-0.2, -0.15) is 12.6 Å². The van der Waals surface area contributed by atoms with Gasteiger partial charge in [-0.15, -0.1) is 0 Å². The van der Waals surface area contributed by atoms with Gasteiger partial charge < -0.3 is 9.90 Å². The van der Waals surface area contributed by atoms with Gasteiger partial charge in [-0.1, -0.05) is 24.6 Å². The summed E-state index contributed by atoms with van der Waals surface area (Å²) in [6, 6.07) is 0. The highest BCUT2D eigenvalue weighted by Gasteiger charge is 2.38. The topological polar surface area (TPSA) is 54.4 Å². The molecular weight excluding hydrogens is 280 g/mol. The summed E-state index contributed by atoms with van der Waals surface area (Å²) in [7, 11) is 0. The molecule has 2 aliphatic rings. The quantitative estimate of drug-likeness (QED) is 0.605. The predicted molar refractivity (Wildman–Crippen MR) is 82.8 cm³/mol. The van der Waals surface area contributed by atoms with Gasteiger partial charge in [0, 0.05) is 29.4 Å². The molecule has 2 aliphatic carbocycles. The third kappa shape index (κ3) is 5.48. The number of hydrogen-bond donors (Lipinski definition) is 2. The lowest BCUT2D eigenvalue weighted by molar-refractivity contribution is -0.109. The van der Waals surface area contributed by atoms with E-state index in [1.54, 1.807) is 6.92 Å². The highest BCUT2D eigenvalue weighted by atomic mass is 32.2. The third-order valence-electron chi connectivity index (χ3n) is 3.94. The van der Waals surface area contributed by atoms with Crippen molar-refractivity contribution >= 4 is 35.8 Å². The normalized spacial score (nSPS) is 22.3. The molecule has 0 unspecified atom stereocenters. The molecule has 0 bridgehead atoms. The van der Waals surface area contributed by atoms with E-state index in [0.29, 0.717) is 13.0 Å². The second-order valence-corrected chi connectivity index (χ2v) is 8.15. The largest absolute Gasteiger partial charge is 0.396 e. The molecule has 2 rings (SSSR count). The first-order chi connectivity index (χ1) is 8.95. The van der Waals surface area contributed by atoms with Gasteiger partial charge in [0.15, 0.2) is 5.12 Å². The Kier molecular flexibility index (Phi) is 6.91. The van der Waals surface area contributed by atoms with Crippen LogP contribution in [0.25, 0.3) is 0 Å².